The lowest BCUT2D eigenvalue weighted by atomic mass is 9.68. The van der Waals surface area contributed by atoms with Crippen molar-refractivity contribution in [1.82, 2.24) is 0 Å². The maximum atomic E-state index is 12.4. The summed E-state index contributed by atoms with van der Waals surface area (Å²) < 4.78 is 5.72. The van der Waals surface area contributed by atoms with Crippen LogP contribution in [0.1, 0.15) is 63.2 Å². The Balaban J connectivity index is 2.26. The van der Waals surface area contributed by atoms with Gasteiger partial charge in [0.05, 0.1) is 5.56 Å². The van der Waals surface area contributed by atoms with E-state index in [4.69, 9.17) is 4.74 Å². The van der Waals surface area contributed by atoms with Gasteiger partial charge in [-0.2, -0.15) is 0 Å². The number of carbonyl (C=O) groups is 2. The summed E-state index contributed by atoms with van der Waals surface area (Å²) in [6.07, 6.45) is 3.06. The van der Waals surface area contributed by atoms with Crippen molar-refractivity contribution in [3.63, 3.8) is 0 Å². The Morgan fingerprint density at radius 2 is 1.96 bits per heavy atom. The molecule has 1 aliphatic rings. The zero-order chi connectivity index (χ0) is 17.7. The first-order chi connectivity index (χ1) is 11.4. The lowest BCUT2D eigenvalue weighted by Gasteiger charge is -2.38. The summed E-state index contributed by atoms with van der Waals surface area (Å²) in [7, 11) is 0. The van der Waals surface area contributed by atoms with Gasteiger partial charge in [-0.3, -0.25) is 4.79 Å². The van der Waals surface area contributed by atoms with Gasteiger partial charge in [0, 0.05) is 0 Å². The highest BCUT2D eigenvalue weighted by Crippen LogP contribution is 2.50. The molecule has 1 saturated carbocycles. The largest absolute Gasteiger partial charge is 0.481 e. The molecule has 0 aliphatic heterocycles. The Labute approximate surface area is 144 Å². The van der Waals surface area contributed by atoms with Gasteiger partial charge in [-0.25, -0.2) is 4.79 Å². The topological polar surface area (TPSA) is 63.6 Å². The average molecular weight is 332 g/mol. The van der Waals surface area contributed by atoms with Crippen molar-refractivity contribution in [3.8, 4) is 0 Å². The number of aliphatic carboxylic acids is 1. The normalized spacial score (nSPS) is 24.8. The Hall–Kier alpha value is -1.84. The van der Waals surface area contributed by atoms with E-state index in [1.807, 2.05) is 13.0 Å². The minimum absolute atomic E-state index is 0.0195. The highest BCUT2D eigenvalue weighted by atomic mass is 16.5. The zero-order valence-corrected chi connectivity index (χ0v) is 14.8. The van der Waals surface area contributed by atoms with E-state index in [9.17, 15) is 14.7 Å². The second-order valence-electron chi connectivity index (χ2n) is 7.23. The number of ether oxygens (including phenoxy) is 1. The van der Waals surface area contributed by atoms with Gasteiger partial charge in [0.25, 0.3) is 0 Å². The van der Waals surface area contributed by atoms with E-state index >= 15 is 0 Å². The fourth-order valence-electron chi connectivity index (χ4n) is 4.13. The summed E-state index contributed by atoms with van der Waals surface area (Å²) in [5.74, 6) is -0.811. The van der Waals surface area contributed by atoms with E-state index in [-0.39, 0.29) is 5.92 Å². The molecule has 1 N–H and O–H groups in total. The van der Waals surface area contributed by atoms with E-state index in [0.29, 0.717) is 24.3 Å². The first-order valence-corrected chi connectivity index (χ1v) is 8.91. The Morgan fingerprint density at radius 1 is 1.29 bits per heavy atom. The summed E-state index contributed by atoms with van der Waals surface area (Å²) in [4.78, 5) is 24.7. The molecule has 0 bridgehead atoms. The first kappa shape index (κ1) is 18.5. The van der Waals surface area contributed by atoms with Crippen LogP contribution in [0.15, 0.2) is 30.3 Å². The van der Waals surface area contributed by atoms with Crippen LogP contribution in [0.25, 0.3) is 0 Å². The molecule has 1 aliphatic carbocycles. The number of carboxylic acid groups (broad SMARTS) is 1. The van der Waals surface area contributed by atoms with Gasteiger partial charge in [-0.15, -0.1) is 0 Å². The number of hydrogen-bond donors (Lipinski definition) is 1. The molecule has 132 valence electrons. The van der Waals surface area contributed by atoms with Crippen LogP contribution in [-0.4, -0.2) is 23.1 Å². The van der Waals surface area contributed by atoms with Crippen LogP contribution in [0.4, 0.5) is 0 Å². The molecule has 4 nitrogen and oxygen atoms in total. The minimum atomic E-state index is -0.955. The van der Waals surface area contributed by atoms with Crippen LogP contribution in [0, 0.1) is 17.3 Å². The standard InChI is InChI=1S/C20H28O4/c1-4-16(13-14(2)3)20(19(22)23)12-8-11-17(20)24-18(21)15-9-6-5-7-10-15/h5-7,9-10,14,16-17H,4,8,11-13H2,1-3H3,(H,22,23). The molecule has 2 rings (SSSR count). The molecule has 24 heavy (non-hydrogen) atoms. The molecule has 1 aromatic rings. The highest BCUT2D eigenvalue weighted by molar-refractivity contribution is 5.90. The Morgan fingerprint density at radius 3 is 2.50 bits per heavy atom. The monoisotopic (exact) mass is 332 g/mol. The molecule has 3 unspecified atom stereocenters. The minimum Gasteiger partial charge on any atom is -0.481 e. The number of esters is 1. The smallest absolute Gasteiger partial charge is 0.338 e. The molecule has 1 fully saturated rings. The van der Waals surface area contributed by atoms with Crippen molar-refractivity contribution in [3.05, 3.63) is 35.9 Å². The van der Waals surface area contributed by atoms with Crippen molar-refractivity contribution in [2.24, 2.45) is 17.3 Å². The van der Waals surface area contributed by atoms with Crippen LogP contribution in [0.2, 0.25) is 0 Å². The van der Waals surface area contributed by atoms with E-state index in [0.717, 1.165) is 19.3 Å². The highest BCUT2D eigenvalue weighted by Gasteiger charge is 2.55. The zero-order valence-electron chi connectivity index (χ0n) is 14.8. The SMILES string of the molecule is CCC(CC(C)C)C1(C(=O)O)CCCC1OC(=O)c1ccccc1. The Bertz CT molecular complexity index is 566. The van der Waals surface area contributed by atoms with Crippen LogP contribution < -0.4 is 0 Å². The summed E-state index contributed by atoms with van der Waals surface area (Å²) >= 11 is 0. The second-order valence-corrected chi connectivity index (χ2v) is 7.23. The maximum absolute atomic E-state index is 12.4. The van der Waals surface area contributed by atoms with Gasteiger partial charge in [0.15, 0.2) is 0 Å². The number of rotatable bonds is 7. The molecule has 0 saturated heterocycles. The van der Waals surface area contributed by atoms with Crippen LogP contribution in [0.3, 0.4) is 0 Å². The fraction of sp³-hybridized carbons (Fsp3) is 0.600. The fourth-order valence-corrected chi connectivity index (χ4v) is 4.13. The van der Waals surface area contributed by atoms with Crippen molar-refractivity contribution >= 4 is 11.9 Å². The molecule has 0 heterocycles. The van der Waals surface area contributed by atoms with Crippen molar-refractivity contribution in [2.75, 3.05) is 0 Å². The lowest BCUT2D eigenvalue weighted by Crippen LogP contribution is -2.47. The van der Waals surface area contributed by atoms with Crippen molar-refractivity contribution in [1.29, 1.82) is 0 Å². The van der Waals surface area contributed by atoms with E-state index in [1.54, 1.807) is 24.3 Å². The average Bonchev–Trinajstić information content (AvgIpc) is 2.97. The molecule has 0 spiro atoms. The Kier molecular flexibility index (Phi) is 6.03. The quantitative estimate of drug-likeness (QED) is 0.745. The number of carbonyl (C=O) groups excluding carboxylic acids is 1. The van der Waals surface area contributed by atoms with Gasteiger partial charge >= 0.3 is 11.9 Å². The van der Waals surface area contributed by atoms with Crippen LogP contribution in [0.5, 0.6) is 0 Å². The van der Waals surface area contributed by atoms with Gasteiger partial charge < -0.3 is 9.84 Å². The number of carboxylic acids is 1. The van der Waals surface area contributed by atoms with Gasteiger partial charge in [0.2, 0.25) is 0 Å². The molecule has 0 aromatic heterocycles. The third kappa shape index (κ3) is 3.63. The molecule has 3 atom stereocenters. The third-order valence-corrected chi connectivity index (χ3v) is 5.27. The van der Waals surface area contributed by atoms with Crippen molar-refractivity contribution in [2.45, 2.75) is 59.0 Å². The summed E-state index contributed by atoms with van der Waals surface area (Å²) in [5, 5.41) is 10.0. The molecule has 0 amide bonds. The van der Waals surface area contributed by atoms with Crippen LogP contribution in [-0.2, 0) is 9.53 Å². The molecule has 4 heteroatoms. The first-order valence-electron chi connectivity index (χ1n) is 8.91. The summed E-state index contributed by atoms with van der Waals surface area (Å²) in [6, 6.07) is 8.80. The van der Waals surface area contributed by atoms with Gasteiger partial charge in [-0.1, -0.05) is 45.4 Å². The predicted molar refractivity (Wildman–Crippen MR) is 92.8 cm³/mol. The van der Waals surface area contributed by atoms with E-state index < -0.39 is 23.5 Å². The van der Waals surface area contributed by atoms with E-state index in [1.165, 1.54) is 0 Å². The van der Waals surface area contributed by atoms with Crippen LogP contribution >= 0.6 is 0 Å². The van der Waals surface area contributed by atoms with Gasteiger partial charge in [-0.05, 0) is 49.7 Å². The van der Waals surface area contributed by atoms with Crippen molar-refractivity contribution < 1.29 is 19.4 Å². The van der Waals surface area contributed by atoms with Gasteiger partial charge in [0.1, 0.15) is 11.5 Å². The summed E-state index contributed by atoms with van der Waals surface area (Å²) in [5.41, 5.74) is -0.482. The maximum Gasteiger partial charge on any atom is 0.338 e. The van der Waals surface area contributed by atoms with E-state index in [2.05, 4.69) is 13.8 Å². The molecule has 0 radical (unpaired) electrons. The number of benzene rings is 1. The lowest BCUT2D eigenvalue weighted by molar-refractivity contribution is -0.161. The molecular formula is C20H28O4. The molecule has 1 aromatic carbocycles. The summed E-state index contributed by atoms with van der Waals surface area (Å²) in [6.45, 7) is 6.25. The molecular weight excluding hydrogens is 304 g/mol. The predicted octanol–water partition coefficient (Wildman–Crippen LogP) is 4.54. The second kappa shape index (κ2) is 7.82. The number of hydrogen-bond acceptors (Lipinski definition) is 3. The third-order valence-electron chi connectivity index (χ3n) is 5.27.